The summed E-state index contributed by atoms with van der Waals surface area (Å²) in [6.45, 7) is 3.84. The second kappa shape index (κ2) is 8.65. The molecule has 8 heteroatoms. The Morgan fingerprint density at radius 1 is 1.12 bits per heavy atom. The lowest BCUT2D eigenvalue weighted by Gasteiger charge is -2.13. The maximum atomic E-state index is 13.6. The minimum absolute atomic E-state index is 0.247. The summed E-state index contributed by atoms with van der Waals surface area (Å²) in [4.78, 5) is 18.5. The standard InChI is InChI=1S/C26H25ClN4O3/c1-14-19(27)6-5-7-22(14)31-25-24(15(2)30-31)18(13-21(28-25)16-8-9-16)26(32)29-20-11-10-17(33-3)12-23(20)34-4/h5-7,10-13,16H,8-9H2,1-4H3,(H,29,32). The number of nitrogens with zero attached hydrogens (tertiary/aromatic N) is 3. The topological polar surface area (TPSA) is 78.3 Å². The lowest BCUT2D eigenvalue weighted by molar-refractivity contribution is 0.102. The Hall–Kier alpha value is -3.58. The molecule has 0 aliphatic heterocycles. The molecular weight excluding hydrogens is 452 g/mol. The van der Waals surface area contributed by atoms with Gasteiger partial charge in [0.15, 0.2) is 5.65 Å². The summed E-state index contributed by atoms with van der Waals surface area (Å²) < 4.78 is 12.5. The number of anilines is 1. The SMILES string of the molecule is COc1ccc(NC(=O)c2cc(C3CC3)nc3c2c(C)nn3-c2cccc(Cl)c2C)c(OC)c1. The van der Waals surface area contributed by atoms with E-state index in [4.69, 9.17) is 31.2 Å². The third-order valence-corrected chi connectivity index (χ3v) is 6.61. The van der Waals surface area contributed by atoms with Crippen LogP contribution in [0.1, 0.15) is 46.1 Å². The zero-order chi connectivity index (χ0) is 24.0. The van der Waals surface area contributed by atoms with Crippen LogP contribution in [0.15, 0.2) is 42.5 Å². The van der Waals surface area contributed by atoms with Gasteiger partial charge in [0.05, 0.1) is 42.2 Å². The highest BCUT2D eigenvalue weighted by molar-refractivity contribution is 6.31. The summed E-state index contributed by atoms with van der Waals surface area (Å²) in [7, 11) is 3.14. The number of aromatic nitrogens is 3. The van der Waals surface area contributed by atoms with Crippen LogP contribution in [-0.4, -0.2) is 34.9 Å². The van der Waals surface area contributed by atoms with E-state index in [-0.39, 0.29) is 5.91 Å². The number of amides is 1. The first-order chi connectivity index (χ1) is 16.4. The van der Waals surface area contributed by atoms with Gasteiger partial charge in [0.1, 0.15) is 11.5 Å². The van der Waals surface area contributed by atoms with Crippen molar-refractivity contribution in [3.8, 4) is 17.2 Å². The van der Waals surface area contributed by atoms with Crippen molar-refractivity contribution >= 4 is 34.2 Å². The molecule has 5 rings (SSSR count). The minimum Gasteiger partial charge on any atom is -0.497 e. The van der Waals surface area contributed by atoms with Crippen molar-refractivity contribution in [3.05, 3.63) is 70.0 Å². The summed E-state index contributed by atoms with van der Waals surface area (Å²) in [6, 6.07) is 12.9. The molecule has 2 aromatic heterocycles. The third-order valence-electron chi connectivity index (χ3n) is 6.20. The minimum atomic E-state index is -0.247. The molecule has 4 aromatic rings. The fourth-order valence-electron chi connectivity index (χ4n) is 4.16. The van der Waals surface area contributed by atoms with E-state index in [1.165, 1.54) is 0 Å². The zero-order valence-corrected chi connectivity index (χ0v) is 20.2. The van der Waals surface area contributed by atoms with Crippen molar-refractivity contribution in [2.45, 2.75) is 32.6 Å². The number of benzene rings is 2. The molecule has 0 radical (unpaired) electrons. The van der Waals surface area contributed by atoms with Crippen LogP contribution in [-0.2, 0) is 0 Å². The molecule has 1 fully saturated rings. The maximum absolute atomic E-state index is 13.6. The van der Waals surface area contributed by atoms with Crippen LogP contribution in [0, 0.1) is 13.8 Å². The lowest BCUT2D eigenvalue weighted by atomic mass is 10.1. The molecule has 1 aliphatic rings. The number of aryl methyl sites for hydroxylation is 1. The van der Waals surface area contributed by atoms with Gasteiger partial charge in [0.25, 0.3) is 5.91 Å². The highest BCUT2D eigenvalue weighted by atomic mass is 35.5. The first kappa shape index (κ1) is 22.2. The number of rotatable bonds is 6. The van der Waals surface area contributed by atoms with Crippen molar-refractivity contribution in [1.29, 1.82) is 0 Å². The number of halogens is 1. The van der Waals surface area contributed by atoms with E-state index in [0.717, 1.165) is 35.5 Å². The van der Waals surface area contributed by atoms with E-state index in [2.05, 4.69) is 5.32 Å². The second-order valence-corrected chi connectivity index (χ2v) is 8.88. The average molecular weight is 477 g/mol. The molecular formula is C26H25ClN4O3. The first-order valence-corrected chi connectivity index (χ1v) is 11.5. The molecule has 0 bridgehead atoms. The van der Waals surface area contributed by atoms with Gasteiger partial charge in [0.2, 0.25) is 0 Å². The van der Waals surface area contributed by atoms with E-state index in [9.17, 15) is 4.79 Å². The summed E-state index contributed by atoms with van der Waals surface area (Å²) in [6.07, 6.45) is 2.13. The summed E-state index contributed by atoms with van der Waals surface area (Å²) in [5.74, 6) is 1.27. The number of nitrogens with one attached hydrogen (secondary N) is 1. The molecule has 2 aromatic carbocycles. The van der Waals surface area contributed by atoms with Crippen LogP contribution in [0.5, 0.6) is 11.5 Å². The highest BCUT2D eigenvalue weighted by Crippen LogP contribution is 2.41. The van der Waals surface area contributed by atoms with Gasteiger partial charge < -0.3 is 14.8 Å². The molecule has 0 unspecified atom stereocenters. The van der Waals surface area contributed by atoms with Gasteiger partial charge in [-0.3, -0.25) is 4.79 Å². The number of carbonyl (C=O) groups excluding carboxylic acids is 1. The Balaban J connectivity index is 1.65. The van der Waals surface area contributed by atoms with Crippen LogP contribution in [0.2, 0.25) is 5.02 Å². The molecule has 0 spiro atoms. The number of methoxy groups -OCH3 is 2. The highest BCUT2D eigenvalue weighted by Gasteiger charge is 2.29. The Morgan fingerprint density at radius 2 is 1.91 bits per heavy atom. The van der Waals surface area contributed by atoms with Gasteiger partial charge in [-0.25, -0.2) is 9.67 Å². The number of hydrogen-bond donors (Lipinski definition) is 1. The normalized spacial score (nSPS) is 13.2. The number of ether oxygens (including phenoxy) is 2. The number of pyridine rings is 1. The molecule has 1 saturated carbocycles. The van der Waals surface area contributed by atoms with E-state index in [1.807, 2.05) is 38.1 Å². The first-order valence-electron chi connectivity index (χ1n) is 11.1. The summed E-state index contributed by atoms with van der Waals surface area (Å²) in [5.41, 5.74) is 5.11. The van der Waals surface area contributed by atoms with Crippen molar-refractivity contribution < 1.29 is 14.3 Å². The molecule has 7 nitrogen and oxygen atoms in total. The maximum Gasteiger partial charge on any atom is 0.256 e. The Morgan fingerprint density at radius 3 is 2.62 bits per heavy atom. The van der Waals surface area contributed by atoms with Crippen LogP contribution in [0.25, 0.3) is 16.7 Å². The van der Waals surface area contributed by atoms with Gasteiger partial charge in [0, 0.05) is 22.7 Å². The molecule has 174 valence electrons. The van der Waals surface area contributed by atoms with Crippen molar-refractivity contribution in [2.75, 3.05) is 19.5 Å². The number of carbonyl (C=O) groups is 1. The van der Waals surface area contributed by atoms with Crippen LogP contribution >= 0.6 is 11.6 Å². The third kappa shape index (κ3) is 3.86. The summed E-state index contributed by atoms with van der Waals surface area (Å²) >= 11 is 6.39. The Bertz CT molecular complexity index is 1430. The monoisotopic (exact) mass is 476 g/mol. The van der Waals surface area contributed by atoms with Gasteiger partial charge >= 0.3 is 0 Å². The predicted octanol–water partition coefficient (Wildman–Crippen LogP) is 5.84. The molecule has 2 heterocycles. The van der Waals surface area contributed by atoms with E-state index in [0.29, 0.717) is 44.7 Å². The molecule has 0 saturated heterocycles. The number of hydrogen-bond acceptors (Lipinski definition) is 5. The predicted molar refractivity (Wildman–Crippen MR) is 133 cm³/mol. The van der Waals surface area contributed by atoms with Crippen LogP contribution in [0.4, 0.5) is 5.69 Å². The molecule has 0 atom stereocenters. The van der Waals surface area contributed by atoms with Gasteiger partial charge in [-0.2, -0.15) is 5.10 Å². The summed E-state index contributed by atoms with van der Waals surface area (Å²) in [5, 5.41) is 9.13. The molecule has 1 aliphatic carbocycles. The molecule has 1 N–H and O–H groups in total. The zero-order valence-electron chi connectivity index (χ0n) is 19.5. The average Bonchev–Trinajstić information content (AvgIpc) is 3.64. The fraction of sp³-hybridized carbons (Fsp3) is 0.269. The van der Waals surface area contributed by atoms with Crippen molar-refractivity contribution in [2.24, 2.45) is 0 Å². The molecule has 34 heavy (non-hydrogen) atoms. The van der Waals surface area contributed by atoms with Crippen LogP contribution in [0.3, 0.4) is 0 Å². The van der Waals surface area contributed by atoms with Crippen LogP contribution < -0.4 is 14.8 Å². The quantitative estimate of drug-likeness (QED) is 0.378. The van der Waals surface area contributed by atoms with E-state index >= 15 is 0 Å². The largest absolute Gasteiger partial charge is 0.497 e. The van der Waals surface area contributed by atoms with Gasteiger partial charge in [-0.15, -0.1) is 0 Å². The Kier molecular flexibility index (Phi) is 5.65. The van der Waals surface area contributed by atoms with Gasteiger partial charge in [-0.1, -0.05) is 17.7 Å². The van der Waals surface area contributed by atoms with Gasteiger partial charge in [-0.05, 0) is 62.6 Å². The van der Waals surface area contributed by atoms with Crippen molar-refractivity contribution in [3.63, 3.8) is 0 Å². The smallest absolute Gasteiger partial charge is 0.256 e. The van der Waals surface area contributed by atoms with E-state index < -0.39 is 0 Å². The second-order valence-electron chi connectivity index (χ2n) is 8.47. The Labute approximate surface area is 202 Å². The van der Waals surface area contributed by atoms with Crippen molar-refractivity contribution in [1.82, 2.24) is 14.8 Å². The van der Waals surface area contributed by atoms with E-state index in [1.54, 1.807) is 37.1 Å². The number of fused-ring (bicyclic) bond motifs is 1. The molecule has 1 amide bonds. The lowest BCUT2D eigenvalue weighted by Crippen LogP contribution is -2.14. The fourth-order valence-corrected chi connectivity index (χ4v) is 4.33.